The van der Waals surface area contributed by atoms with Gasteiger partial charge in [-0.15, -0.1) is 0 Å². The second kappa shape index (κ2) is 4.63. The van der Waals surface area contributed by atoms with Crippen molar-refractivity contribution in [3.05, 3.63) is 0 Å². The van der Waals surface area contributed by atoms with E-state index in [1.54, 1.807) is 0 Å². The van der Waals surface area contributed by atoms with E-state index in [1.165, 1.54) is 25.8 Å². The standard InChI is InChI=1S/C11H17N3O/c12-6-4-11(15)13-9-5-8-14-7-2-1-3-10(9)14/h9-10H,1-5,7-8H2,(H,13,15). The number of nitrogens with zero attached hydrogens (tertiary/aromatic N) is 2. The van der Waals surface area contributed by atoms with Gasteiger partial charge in [0.25, 0.3) is 0 Å². The predicted octanol–water partition coefficient (Wildman–Crippen LogP) is 0.643. The van der Waals surface area contributed by atoms with Crippen molar-refractivity contribution >= 4 is 5.91 Å². The first kappa shape index (κ1) is 10.4. The maximum Gasteiger partial charge on any atom is 0.234 e. The fourth-order valence-corrected chi connectivity index (χ4v) is 2.75. The van der Waals surface area contributed by atoms with Crippen LogP contribution in [-0.2, 0) is 4.79 Å². The van der Waals surface area contributed by atoms with Gasteiger partial charge in [0.2, 0.25) is 5.91 Å². The number of nitrogens with one attached hydrogen (secondary N) is 1. The third-order valence-electron chi connectivity index (χ3n) is 3.44. The molecule has 0 aromatic heterocycles. The lowest BCUT2D eigenvalue weighted by atomic mass is 9.99. The molecule has 0 bridgehead atoms. The molecule has 2 rings (SSSR count). The van der Waals surface area contributed by atoms with Crippen molar-refractivity contribution in [3.8, 4) is 6.07 Å². The largest absolute Gasteiger partial charge is 0.351 e. The number of carbonyl (C=O) groups excluding carboxylic acids is 1. The highest BCUT2D eigenvalue weighted by molar-refractivity contribution is 5.78. The molecule has 0 aromatic rings. The highest BCUT2D eigenvalue weighted by Gasteiger charge is 2.35. The van der Waals surface area contributed by atoms with E-state index in [-0.39, 0.29) is 18.4 Å². The Bertz CT molecular complexity index is 284. The zero-order valence-electron chi connectivity index (χ0n) is 8.91. The molecule has 4 nitrogen and oxygen atoms in total. The van der Waals surface area contributed by atoms with Crippen LogP contribution in [0.1, 0.15) is 32.1 Å². The summed E-state index contributed by atoms with van der Waals surface area (Å²) in [5.41, 5.74) is 0. The highest BCUT2D eigenvalue weighted by Crippen LogP contribution is 2.26. The molecule has 2 fully saturated rings. The Morgan fingerprint density at radius 2 is 2.27 bits per heavy atom. The molecule has 0 aromatic carbocycles. The average molecular weight is 207 g/mol. The minimum atomic E-state index is -0.116. The van der Waals surface area contributed by atoms with Gasteiger partial charge in [-0.3, -0.25) is 9.69 Å². The van der Waals surface area contributed by atoms with Crippen molar-refractivity contribution < 1.29 is 4.79 Å². The fraction of sp³-hybridized carbons (Fsp3) is 0.818. The summed E-state index contributed by atoms with van der Waals surface area (Å²) in [5, 5.41) is 11.4. The molecule has 1 N–H and O–H groups in total. The van der Waals surface area contributed by atoms with E-state index in [0.717, 1.165) is 13.0 Å². The normalized spacial score (nSPS) is 30.6. The Labute approximate surface area is 90.2 Å². The van der Waals surface area contributed by atoms with Gasteiger partial charge in [-0.2, -0.15) is 5.26 Å². The molecular weight excluding hydrogens is 190 g/mol. The maximum atomic E-state index is 11.3. The fourth-order valence-electron chi connectivity index (χ4n) is 2.75. The molecule has 2 aliphatic heterocycles. The number of carbonyl (C=O) groups is 1. The number of fused-ring (bicyclic) bond motifs is 1. The molecule has 2 heterocycles. The molecule has 0 spiro atoms. The summed E-state index contributed by atoms with van der Waals surface area (Å²) in [6.07, 6.45) is 4.78. The third kappa shape index (κ3) is 2.29. The topological polar surface area (TPSA) is 56.1 Å². The first-order valence-corrected chi connectivity index (χ1v) is 5.71. The summed E-state index contributed by atoms with van der Waals surface area (Å²) < 4.78 is 0. The van der Waals surface area contributed by atoms with Gasteiger partial charge in [-0.25, -0.2) is 0 Å². The summed E-state index contributed by atoms with van der Waals surface area (Å²) >= 11 is 0. The van der Waals surface area contributed by atoms with Crippen molar-refractivity contribution in [1.82, 2.24) is 10.2 Å². The number of rotatable bonds is 2. The van der Waals surface area contributed by atoms with Gasteiger partial charge in [-0.1, -0.05) is 6.42 Å². The van der Waals surface area contributed by atoms with Gasteiger partial charge >= 0.3 is 0 Å². The van der Waals surface area contributed by atoms with E-state index >= 15 is 0 Å². The van der Waals surface area contributed by atoms with Crippen molar-refractivity contribution in [3.63, 3.8) is 0 Å². The second-order valence-electron chi connectivity index (χ2n) is 4.40. The summed E-state index contributed by atoms with van der Waals surface area (Å²) in [6.45, 7) is 2.28. The first-order valence-electron chi connectivity index (χ1n) is 5.71. The van der Waals surface area contributed by atoms with Crippen molar-refractivity contribution in [1.29, 1.82) is 5.26 Å². The molecule has 0 radical (unpaired) electrons. The number of hydrogen-bond donors (Lipinski definition) is 1. The Balaban J connectivity index is 1.88. The predicted molar refractivity (Wildman–Crippen MR) is 56.0 cm³/mol. The van der Waals surface area contributed by atoms with Crippen LogP contribution in [0, 0.1) is 11.3 Å². The smallest absolute Gasteiger partial charge is 0.234 e. The number of amides is 1. The maximum absolute atomic E-state index is 11.3. The molecular formula is C11H17N3O. The lowest BCUT2D eigenvalue weighted by Crippen LogP contribution is -2.46. The van der Waals surface area contributed by atoms with Crippen LogP contribution in [0.15, 0.2) is 0 Å². The van der Waals surface area contributed by atoms with Crippen LogP contribution in [0.5, 0.6) is 0 Å². The van der Waals surface area contributed by atoms with E-state index in [1.807, 2.05) is 6.07 Å². The van der Waals surface area contributed by atoms with Crippen LogP contribution in [0.25, 0.3) is 0 Å². The van der Waals surface area contributed by atoms with Gasteiger partial charge in [0.1, 0.15) is 6.42 Å². The van der Waals surface area contributed by atoms with Crippen molar-refractivity contribution in [2.75, 3.05) is 13.1 Å². The van der Waals surface area contributed by atoms with E-state index in [0.29, 0.717) is 6.04 Å². The van der Waals surface area contributed by atoms with Crippen LogP contribution in [0.4, 0.5) is 0 Å². The van der Waals surface area contributed by atoms with E-state index in [2.05, 4.69) is 10.2 Å². The van der Waals surface area contributed by atoms with Gasteiger partial charge in [0.15, 0.2) is 0 Å². The van der Waals surface area contributed by atoms with Gasteiger partial charge in [-0.05, 0) is 25.8 Å². The Hall–Kier alpha value is -1.08. The molecule has 2 aliphatic rings. The Morgan fingerprint density at radius 1 is 1.40 bits per heavy atom. The van der Waals surface area contributed by atoms with E-state index in [9.17, 15) is 4.79 Å². The lowest BCUT2D eigenvalue weighted by molar-refractivity contribution is -0.121. The molecule has 0 aliphatic carbocycles. The highest BCUT2D eigenvalue weighted by atomic mass is 16.1. The average Bonchev–Trinajstić information content (AvgIpc) is 2.62. The number of nitriles is 1. The summed E-state index contributed by atoms with van der Waals surface area (Å²) in [4.78, 5) is 13.8. The molecule has 82 valence electrons. The number of piperidine rings is 1. The minimum absolute atomic E-state index is 0.0107. The molecule has 2 saturated heterocycles. The first-order chi connectivity index (χ1) is 7.31. The zero-order chi connectivity index (χ0) is 10.7. The van der Waals surface area contributed by atoms with Crippen molar-refractivity contribution in [2.24, 2.45) is 0 Å². The summed E-state index contributed by atoms with van der Waals surface area (Å²) in [6, 6.07) is 2.70. The summed E-state index contributed by atoms with van der Waals surface area (Å²) in [5.74, 6) is -0.116. The van der Waals surface area contributed by atoms with Crippen LogP contribution < -0.4 is 5.32 Å². The molecule has 4 heteroatoms. The molecule has 2 atom stereocenters. The van der Waals surface area contributed by atoms with Crippen LogP contribution >= 0.6 is 0 Å². The van der Waals surface area contributed by atoms with Crippen LogP contribution in [0.3, 0.4) is 0 Å². The van der Waals surface area contributed by atoms with E-state index in [4.69, 9.17) is 5.26 Å². The van der Waals surface area contributed by atoms with Gasteiger partial charge < -0.3 is 5.32 Å². The molecule has 1 amide bonds. The molecule has 2 unspecified atom stereocenters. The Morgan fingerprint density at radius 3 is 3.07 bits per heavy atom. The van der Waals surface area contributed by atoms with Crippen LogP contribution in [-0.4, -0.2) is 36.0 Å². The van der Waals surface area contributed by atoms with E-state index < -0.39 is 0 Å². The minimum Gasteiger partial charge on any atom is -0.351 e. The van der Waals surface area contributed by atoms with Crippen molar-refractivity contribution in [2.45, 2.75) is 44.2 Å². The Kier molecular flexibility index (Phi) is 3.22. The zero-order valence-corrected chi connectivity index (χ0v) is 8.91. The van der Waals surface area contributed by atoms with Gasteiger partial charge in [0.05, 0.1) is 6.07 Å². The monoisotopic (exact) mass is 207 g/mol. The number of hydrogen-bond acceptors (Lipinski definition) is 3. The third-order valence-corrected chi connectivity index (χ3v) is 3.44. The molecule has 15 heavy (non-hydrogen) atoms. The lowest BCUT2D eigenvalue weighted by Gasteiger charge is -2.32. The SMILES string of the molecule is N#CCC(=O)NC1CCN2CCCCC12. The summed E-state index contributed by atoms with van der Waals surface area (Å²) in [7, 11) is 0. The second-order valence-corrected chi connectivity index (χ2v) is 4.40. The van der Waals surface area contributed by atoms with Gasteiger partial charge in [0, 0.05) is 18.6 Å². The van der Waals surface area contributed by atoms with Crippen LogP contribution in [0.2, 0.25) is 0 Å². The quantitative estimate of drug-likeness (QED) is 0.723. The molecule has 0 saturated carbocycles.